The average molecular weight is 444 g/mol. The highest BCUT2D eigenvalue weighted by atomic mass is 19.1. The van der Waals surface area contributed by atoms with Gasteiger partial charge in [-0.2, -0.15) is 0 Å². The van der Waals surface area contributed by atoms with Crippen LogP contribution < -0.4 is 15.8 Å². The number of carbonyl (C=O) groups excluding carboxylic acids is 2. The minimum atomic E-state index is -0.506. The molecule has 32 heavy (non-hydrogen) atoms. The number of halogens is 1. The number of anilines is 2. The number of pyridine rings is 1. The van der Waals surface area contributed by atoms with Gasteiger partial charge in [0.05, 0.1) is 11.9 Å². The van der Waals surface area contributed by atoms with Crippen molar-refractivity contribution in [3.8, 4) is 0 Å². The molecule has 0 saturated carbocycles. The van der Waals surface area contributed by atoms with E-state index < -0.39 is 5.82 Å². The predicted octanol–water partition coefficient (Wildman–Crippen LogP) is 2.64. The Balaban J connectivity index is 1.64. The molecule has 1 aliphatic rings. The highest BCUT2D eigenvalue weighted by molar-refractivity contribution is 5.79. The lowest BCUT2D eigenvalue weighted by atomic mass is 10.0. The van der Waals surface area contributed by atoms with Gasteiger partial charge >= 0.3 is 0 Å². The fourth-order valence-corrected chi connectivity index (χ4v) is 3.70. The zero-order chi connectivity index (χ0) is 22.9. The smallest absolute Gasteiger partial charge is 0.246 e. The molecule has 3 rings (SSSR count). The molecular formula is C23H30FN5O3. The van der Waals surface area contributed by atoms with Gasteiger partial charge in [-0.25, -0.2) is 9.40 Å². The molecule has 2 amide bonds. The Morgan fingerprint density at radius 3 is 2.94 bits per heavy atom. The molecule has 2 heterocycles. The van der Waals surface area contributed by atoms with Gasteiger partial charge < -0.3 is 10.1 Å². The molecule has 1 atom stereocenters. The summed E-state index contributed by atoms with van der Waals surface area (Å²) in [7, 11) is 0. The van der Waals surface area contributed by atoms with Crippen molar-refractivity contribution in [3.05, 3.63) is 53.6 Å². The number of nitrogens with one attached hydrogen (secondary N) is 2. The van der Waals surface area contributed by atoms with Gasteiger partial charge in [0, 0.05) is 31.4 Å². The third kappa shape index (κ3) is 6.73. The Kier molecular flexibility index (Phi) is 8.52. The van der Waals surface area contributed by atoms with E-state index in [0.29, 0.717) is 31.8 Å². The van der Waals surface area contributed by atoms with Crippen LogP contribution in [-0.4, -0.2) is 54.5 Å². The molecule has 1 aromatic heterocycles. The monoisotopic (exact) mass is 443 g/mol. The van der Waals surface area contributed by atoms with Crippen molar-refractivity contribution >= 4 is 23.7 Å². The summed E-state index contributed by atoms with van der Waals surface area (Å²) >= 11 is 0. The summed E-state index contributed by atoms with van der Waals surface area (Å²) < 4.78 is 19.7. The molecule has 0 spiro atoms. The van der Waals surface area contributed by atoms with Crippen LogP contribution in [0, 0.1) is 12.7 Å². The minimum absolute atomic E-state index is 0.0544. The van der Waals surface area contributed by atoms with Crippen molar-refractivity contribution < 1.29 is 18.7 Å². The van der Waals surface area contributed by atoms with Crippen LogP contribution in [0.1, 0.15) is 31.0 Å². The normalized spacial score (nSPS) is 16.4. The first-order valence-corrected chi connectivity index (χ1v) is 10.8. The standard InChI is InChI=1S/C23H30FN5O3/c1-3-32-15-23(31)26-20-5-4-10-28(14-20)13-18-7-9-21(24)22(11-18)29(16-30)27-19-8-6-17(2)25-12-19/h6-9,11-12,16,20,27H,3-5,10,13-15H2,1-2H3,(H,26,31). The minimum Gasteiger partial charge on any atom is -0.372 e. The number of hydrogen-bond acceptors (Lipinski definition) is 6. The number of ether oxygens (including phenoxy) is 1. The molecular weight excluding hydrogens is 413 g/mol. The summed E-state index contributed by atoms with van der Waals surface area (Å²) in [6.07, 6.45) is 3.99. The molecule has 0 bridgehead atoms. The molecule has 1 saturated heterocycles. The third-order valence-corrected chi connectivity index (χ3v) is 5.25. The molecule has 1 aliphatic heterocycles. The second kappa shape index (κ2) is 11.5. The van der Waals surface area contributed by atoms with Crippen molar-refractivity contribution in [2.75, 3.05) is 36.7 Å². The van der Waals surface area contributed by atoms with E-state index in [9.17, 15) is 14.0 Å². The number of rotatable bonds is 10. The van der Waals surface area contributed by atoms with Gasteiger partial charge in [0.2, 0.25) is 12.3 Å². The van der Waals surface area contributed by atoms with Crippen LogP contribution in [0.4, 0.5) is 15.8 Å². The molecule has 1 unspecified atom stereocenters. The van der Waals surface area contributed by atoms with Gasteiger partial charge in [-0.15, -0.1) is 0 Å². The average Bonchev–Trinajstić information content (AvgIpc) is 2.79. The first-order chi connectivity index (χ1) is 15.5. The zero-order valence-corrected chi connectivity index (χ0v) is 18.5. The number of likely N-dealkylation sites (tertiary alicyclic amines) is 1. The van der Waals surface area contributed by atoms with Gasteiger partial charge in [0.25, 0.3) is 0 Å². The molecule has 2 aromatic rings. The second-order valence-electron chi connectivity index (χ2n) is 7.84. The van der Waals surface area contributed by atoms with Crippen LogP contribution in [0.25, 0.3) is 0 Å². The van der Waals surface area contributed by atoms with Crippen molar-refractivity contribution in [2.24, 2.45) is 0 Å². The Hall–Kier alpha value is -3.04. The topological polar surface area (TPSA) is 86.8 Å². The van der Waals surface area contributed by atoms with Crippen LogP contribution in [0.15, 0.2) is 36.5 Å². The lowest BCUT2D eigenvalue weighted by Crippen LogP contribution is -2.48. The van der Waals surface area contributed by atoms with E-state index in [1.54, 1.807) is 30.5 Å². The summed E-state index contributed by atoms with van der Waals surface area (Å²) in [4.78, 5) is 30.0. The predicted molar refractivity (Wildman–Crippen MR) is 120 cm³/mol. The number of hydrogen-bond donors (Lipinski definition) is 2. The number of hydrazine groups is 1. The van der Waals surface area contributed by atoms with Crippen molar-refractivity contribution in [1.29, 1.82) is 0 Å². The highest BCUT2D eigenvalue weighted by Crippen LogP contribution is 2.23. The van der Waals surface area contributed by atoms with E-state index in [2.05, 4.69) is 20.6 Å². The van der Waals surface area contributed by atoms with E-state index in [1.807, 2.05) is 13.8 Å². The van der Waals surface area contributed by atoms with E-state index in [4.69, 9.17) is 4.74 Å². The maximum absolute atomic E-state index is 14.5. The number of benzene rings is 1. The summed E-state index contributed by atoms with van der Waals surface area (Å²) in [5.74, 6) is -0.616. The SMILES string of the molecule is CCOCC(=O)NC1CCCN(Cc2ccc(F)c(N(C=O)Nc3ccc(C)nc3)c2)C1. The van der Waals surface area contributed by atoms with Crippen molar-refractivity contribution in [2.45, 2.75) is 39.3 Å². The van der Waals surface area contributed by atoms with Gasteiger partial charge in [0.1, 0.15) is 18.1 Å². The van der Waals surface area contributed by atoms with Crippen LogP contribution >= 0.6 is 0 Å². The summed E-state index contributed by atoms with van der Waals surface area (Å²) in [6, 6.07) is 8.37. The molecule has 1 aromatic carbocycles. The molecule has 1 fully saturated rings. The van der Waals surface area contributed by atoms with Crippen LogP contribution in [0.3, 0.4) is 0 Å². The molecule has 0 radical (unpaired) electrons. The van der Waals surface area contributed by atoms with Crippen LogP contribution in [0.2, 0.25) is 0 Å². The molecule has 2 N–H and O–H groups in total. The van der Waals surface area contributed by atoms with E-state index >= 15 is 0 Å². The van der Waals surface area contributed by atoms with Gasteiger partial charge in [-0.3, -0.25) is 24.9 Å². The number of piperidine rings is 1. The Bertz CT molecular complexity index is 909. The number of carbonyl (C=O) groups is 2. The Labute approximate surface area is 187 Å². The Morgan fingerprint density at radius 1 is 1.38 bits per heavy atom. The van der Waals surface area contributed by atoms with Crippen LogP contribution in [-0.2, 0) is 20.9 Å². The molecule has 8 nitrogen and oxygen atoms in total. The van der Waals surface area contributed by atoms with E-state index in [1.165, 1.54) is 6.07 Å². The molecule has 0 aliphatic carbocycles. The quantitative estimate of drug-likeness (QED) is 0.434. The maximum atomic E-state index is 14.5. The van der Waals surface area contributed by atoms with Gasteiger partial charge in [-0.05, 0) is 63.1 Å². The van der Waals surface area contributed by atoms with E-state index in [0.717, 1.165) is 35.7 Å². The van der Waals surface area contributed by atoms with E-state index in [-0.39, 0.29) is 24.2 Å². The molecule has 9 heteroatoms. The first kappa shape index (κ1) is 23.6. The number of amides is 2. The van der Waals surface area contributed by atoms with Crippen LogP contribution in [0.5, 0.6) is 0 Å². The zero-order valence-electron chi connectivity index (χ0n) is 18.5. The number of aryl methyl sites for hydroxylation is 1. The maximum Gasteiger partial charge on any atom is 0.246 e. The third-order valence-electron chi connectivity index (χ3n) is 5.25. The fraction of sp³-hybridized carbons (Fsp3) is 0.435. The van der Waals surface area contributed by atoms with Gasteiger partial charge in [-0.1, -0.05) is 6.07 Å². The summed E-state index contributed by atoms with van der Waals surface area (Å²) in [6.45, 7) is 6.46. The summed E-state index contributed by atoms with van der Waals surface area (Å²) in [5, 5.41) is 4.12. The molecule has 172 valence electrons. The largest absolute Gasteiger partial charge is 0.372 e. The number of aromatic nitrogens is 1. The lowest BCUT2D eigenvalue weighted by molar-refractivity contribution is -0.126. The lowest BCUT2D eigenvalue weighted by Gasteiger charge is -2.33. The van der Waals surface area contributed by atoms with Gasteiger partial charge in [0.15, 0.2) is 0 Å². The first-order valence-electron chi connectivity index (χ1n) is 10.8. The summed E-state index contributed by atoms with van der Waals surface area (Å²) in [5.41, 5.74) is 5.31. The van der Waals surface area contributed by atoms with Crippen molar-refractivity contribution in [3.63, 3.8) is 0 Å². The number of nitrogens with zero attached hydrogens (tertiary/aromatic N) is 3. The van der Waals surface area contributed by atoms with Crippen molar-refractivity contribution in [1.82, 2.24) is 15.2 Å². The second-order valence-corrected chi connectivity index (χ2v) is 7.84. The fourth-order valence-electron chi connectivity index (χ4n) is 3.70. The highest BCUT2D eigenvalue weighted by Gasteiger charge is 2.22. The Morgan fingerprint density at radius 2 is 2.22 bits per heavy atom.